The maximum atomic E-state index is 13.0. The van der Waals surface area contributed by atoms with Gasteiger partial charge in [0.05, 0.1) is 0 Å². The highest BCUT2D eigenvalue weighted by atomic mass is 19.1. The molecule has 7 heteroatoms. The lowest BCUT2D eigenvalue weighted by Crippen LogP contribution is -2.44. The minimum Gasteiger partial charge on any atom is -0.369 e. The maximum absolute atomic E-state index is 13.0. The number of nitrogens with one attached hydrogen (secondary N) is 1. The highest BCUT2D eigenvalue weighted by molar-refractivity contribution is 5.94. The van der Waals surface area contributed by atoms with Crippen LogP contribution in [0.15, 0.2) is 48.5 Å². The summed E-state index contributed by atoms with van der Waals surface area (Å²) in [6, 6.07) is 13.5. The van der Waals surface area contributed by atoms with E-state index in [1.54, 1.807) is 4.90 Å². The zero-order valence-corrected chi connectivity index (χ0v) is 16.9. The fourth-order valence-corrected chi connectivity index (χ4v) is 3.35. The van der Waals surface area contributed by atoms with Gasteiger partial charge in [-0.25, -0.2) is 4.39 Å². The molecule has 0 unspecified atom stereocenters. The molecule has 29 heavy (non-hydrogen) atoms. The number of carbonyl (C=O) groups excluding carboxylic acids is 2. The Balaban J connectivity index is 1.58. The van der Waals surface area contributed by atoms with Gasteiger partial charge in [0.25, 0.3) is 0 Å². The first-order valence-electron chi connectivity index (χ1n) is 9.79. The Bertz CT molecular complexity index is 831. The van der Waals surface area contributed by atoms with E-state index in [1.807, 2.05) is 24.3 Å². The minimum absolute atomic E-state index is 0.119. The lowest BCUT2D eigenvalue weighted by molar-refractivity contribution is -0.117. The van der Waals surface area contributed by atoms with E-state index in [-0.39, 0.29) is 30.6 Å². The van der Waals surface area contributed by atoms with Crippen molar-refractivity contribution in [3.05, 3.63) is 54.3 Å². The van der Waals surface area contributed by atoms with Gasteiger partial charge >= 0.3 is 0 Å². The maximum Gasteiger partial charge on any atom is 0.226 e. The monoisotopic (exact) mass is 398 g/mol. The van der Waals surface area contributed by atoms with Crippen molar-refractivity contribution in [2.24, 2.45) is 0 Å². The second-order valence-corrected chi connectivity index (χ2v) is 7.28. The SMILES string of the molecule is CC(=O)N(CCC(=O)Nc1ccc(F)cc1)c1ccc(N2CCN(C)CC2)cc1. The summed E-state index contributed by atoms with van der Waals surface area (Å²) in [6.07, 6.45) is 0.150. The second-order valence-electron chi connectivity index (χ2n) is 7.28. The summed E-state index contributed by atoms with van der Waals surface area (Å²) < 4.78 is 13.0. The van der Waals surface area contributed by atoms with Gasteiger partial charge in [-0.1, -0.05) is 0 Å². The highest BCUT2D eigenvalue weighted by Crippen LogP contribution is 2.22. The number of nitrogens with zero attached hydrogens (tertiary/aromatic N) is 3. The van der Waals surface area contributed by atoms with Gasteiger partial charge < -0.3 is 20.0 Å². The zero-order valence-electron chi connectivity index (χ0n) is 16.9. The minimum atomic E-state index is -0.356. The van der Waals surface area contributed by atoms with E-state index in [2.05, 4.69) is 22.2 Å². The molecule has 1 fully saturated rings. The molecular weight excluding hydrogens is 371 g/mol. The first kappa shape index (κ1) is 20.8. The lowest BCUT2D eigenvalue weighted by atomic mass is 10.2. The summed E-state index contributed by atoms with van der Waals surface area (Å²) in [5.74, 6) is -0.699. The van der Waals surface area contributed by atoms with Crippen LogP contribution in [0.25, 0.3) is 0 Å². The van der Waals surface area contributed by atoms with E-state index in [0.29, 0.717) is 5.69 Å². The average Bonchev–Trinajstić information content (AvgIpc) is 2.71. The third kappa shape index (κ3) is 5.77. The third-order valence-electron chi connectivity index (χ3n) is 5.10. The molecule has 0 radical (unpaired) electrons. The van der Waals surface area contributed by atoms with Crippen molar-refractivity contribution in [2.45, 2.75) is 13.3 Å². The Kier molecular flexibility index (Phi) is 6.82. The fourth-order valence-electron chi connectivity index (χ4n) is 3.35. The van der Waals surface area contributed by atoms with E-state index in [4.69, 9.17) is 0 Å². The molecule has 2 aromatic rings. The first-order chi connectivity index (χ1) is 13.9. The van der Waals surface area contributed by atoms with E-state index < -0.39 is 0 Å². The van der Waals surface area contributed by atoms with Crippen molar-refractivity contribution < 1.29 is 14.0 Å². The lowest BCUT2D eigenvalue weighted by Gasteiger charge is -2.34. The van der Waals surface area contributed by atoms with E-state index >= 15 is 0 Å². The number of hydrogen-bond donors (Lipinski definition) is 1. The van der Waals surface area contributed by atoms with Crippen molar-refractivity contribution in [3.63, 3.8) is 0 Å². The van der Waals surface area contributed by atoms with Crippen molar-refractivity contribution >= 4 is 28.9 Å². The van der Waals surface area contributed by atoms with E-state index in [0.717, 1.165) is 37.6 Å². The van der Waals surface area contributed by atoms with Gasteiger partial charge in [-0.2, -0.15) is 0 Å². The molecule has 2 aromatic carbocycles. The normalized spacial score (nSPS) is 14.5. The van der Waals surface area contributed by atoms with Crippen LogP contribution < -0.4 is 15.1 Å². The molecule has 1 aliphatic rings. The third-order valence-corrected chi connectivity index (χ3v) is 5.10. The number of rotatable bonds is 6. The van der Waals surface area contributed by atoms with Gasteiger partial charge in [-0.05, 0) is 55.6 Å². The van der Waals surface area contributed by atoms with Gasteiger partial charge in [0.15, 0.2) is 0 Å². The van der Waals surface area contributed by atoms with Gasteiger partial charge in [0.1, 0.15) is 5.82 Å². The molecule has 1 saturated heterocycles. The number of amides is 2. The summed E-state index contributed by atoms with van der Waals surface area (Å²) in [6.45, 7) is 5.79. The van der Waals surface area contributed by atoms with Crippen LogP contribution in [0.5, 0.6) is 0 Å². The zero-order chi connectivity index (χ0) is 20.8. The standard InChI is InChI=1S/C22H27FN4O2/c1-17(28)27(12-11-22(29)24-19-5-3-18(23)4-6-19)21-9-7-20(8-10-21)26-15-13-25(2)14-16-26/h3-10H,11-16H2,1-2H3,(H,24,29). The van der Waals surface area contributed by atoms with Crippen LogP contribution in [0.1, 0.15) is 13.3 Å². The Morgan fingerprint density at radius 2 is 1.62 bits per heavy atom. The van der Waals surface area contributed by atoms with Crippen LogP contribution in [-0.4, -0.2) is 56.5 Å². The average molecular weight is 398 g/mol. The van der Waals surface area contributed by atoms with Crippen molar-refractivity contribution in [1.82, 2.24) is 4.90 Å². The number of benzene rings is 2. The molecule has 0 atom stereocenters. The van der Waals surface area contributed by atoms with Gasteiger partial charge in [-0.15, -0.1) is 0 Å². The quantitative estimate of drug-likeness (QED) is 0.813. The van der Waals surface area contributed by atoms with Gasteiger partial charge in [0, 0.05) is 63.1 Å². The van der Waals surface area contributed by atoms with Crippen LogP contribution >= 0.6 is 0 Å². The van der Waals surface area contributed by atoms with Gasteiger partial charge in [0.2, 0.25) is 11.8 Å². The Labute approximate surface area is 170 Å². The molecule has 1 heterocycles. The Hall–Kier alpha value is -2.93. The number of hydrogen-bond acceptors (Lipinski definition) is 4. The predicted octanol–water partition coefficient (Wildman–Crippen LogP) is 2.96. The molecule has 0 bridgehead atoms. The van der Waals surface area contributed by atoms with Crippen LogP contribution in [0.3, 0.4) is 0 Å². The second kappa shape index (κ2) is 9.52. The molecule has 1 aliphatic heterocycles. The Morgan fingerprint density at radius 1 is 1.00 bits per heavy atom. The molecule has 3 rings (SSSR count). The fraction of sp³-hybridized carbons (Fsp3) is 0.364. The Morgan fingerprint density at radius 3 is 2.21 bits per heavy atom. The number of anilines is 3. The highest BCUT2D eigenvalue weighted by Gasteiger charge is 2.17. The van der Waals surface area contributed by atoms with Crippen LogP contribution in [0, 0.1) is 5.82 Å². The van der Waals surface area contributed by atoms with Crippen LogP contribution in [-0.2, 0) is 9.59 Å². The number of likely N-dealkylation sites (N-methyl/N-ethyl adjacent to an activating group) is 1. The van der Waals surface area contributed by atoms with Crippen molar-refractivity contribution in [3.8, 4) is 0 Å². The van der Waals surface area contributed by atoms with Crippen LogP contribution in [0.2, 0.25) is 0 Å². The molecule has 154 valence electrons. The molecule has 1 N–H and O–H groups in total. The van der Waals surface area contributed by atoms with Crippen molar-refractivity contribution in [2.75, 3.05) is 54.9 Å². The smallest absolute Gasteiger partial charge is 0.226 e. The number of carbonyl (C=O) groups is 2. The largest absolute Gasteiger partial charge is 0.369 e. The topological polar surface area (TPSA) is 55.9 Å². The molecule has 0 spiro atoms. The first-order valence-corrected chi connectivity index (χ1v) is 9.79. The van der Waals surface area contributed by atoms with Gasteiger partial charge in [-0.3, -0.25) is 9.59 Å². The number of halogens is 1. The molecule has 6 nitrogen and oxygen atoms in total. The van der Waals surface area contributed by atoms with Crippen LogP contribution in [0.4, 0.5) is 21.5 Å². The molecule has 0 aliphatic carbocycles. The van der Waals surface area contributed by atoms with E-state index in [9.17, 15) is 14.0 Å². The molecular formula is C22H27FN4O2. The summed E-state index contributed by atoms with van der Waals surface area (Å²) in [7, 11) is 2.12. The molecule has 0 aromatic heterocycles. The molecule has 2 amide bonds. The number of piperazine rings is 1. The predicted molar refractivity (Wildman–Crippen MR) is 114 cm³/mol. The summed E-state index contributed by atoms with van der Waals surface area (Å²) in [5.41, 5.74) is 2.44. The summed E-state index contributed by atoms with van der Waals surface area (Å²) in [4.78, 5) is 30.5. The molecule has 0 saturated carbocycles. The summed E-state index contributed by atoms with van der Waals surface area (Å²) >= 11 is 0. The summed E-state index contributed by atoms with van der Waals surface area (Å²) in [5, 5.41) is 2.72. The van der Waals surface area contributed by atoms with E-state index in [1.165, 1.54) is 31.2 Å². The van der Waals surface area contributed by atoms with Crippen molar-refractivity contribution in [1.29, 1.82) is 0 Å².